The molecule has 0 atom stereocenters. The first kappa shape index (κ1) is 11.3. The number of aryl methyl sites for hydroxylation is 1. The zero-order valence-electron chi connectivity index (χ0n) is 9.85. The van der Waals surface area contributed by atoms with E-state index in [0.29, 0.717) is 12.4 Å². The molecule has 0 radical (unpaired) electrons. The lowest BCUT2D eigenvalue weighted by Gasteiger charge is -2.03. The van der Waals surface area contributed by atoms with Crippen molar-refractivity contribution in [3.63, 3.8) is 0 Å². The quantitative estimate of drug-likeness (QED) is 0.790. The van der Waals surface area contributed by atoms with Crippen LogP contribution in [0, 0.1) is 6.92 Å². The summed E-state index contributed by atoms with van der Waals surface area (Å²) in [4.78, 5) is 0. The Morgan fingerprint density at radius 3 is 2.89 bits per heavy atom. The van der Waals surface area contributed by atoms with Crippen LogP contribution in [0.5, 0.6) is 0 Å². The molecule has 2 heterocycles. The molecule has 0 saturated carbocycles. The highest BCUT2D eigenvalue weighted by molar-refractivity contribution is 9.10. The molecule has 0 aliphatic heterocycles. The van der Waals surface area contributed by atoms with Gasteiger partial charge in [0, 0.05) is 10.9 Å². The maximum Gasteiger partial charge on any atom is 0.136 e. The first-order valence-corrected chi connectivity index (χ1v) is 6.40. The van der Waals surface area contributed by atoms with Gasteiger partial charge in [0.1, 0.15) is 17.2 Å². The van der Waals surface area contributed by atoms with Crippen LogP contribution in [-0.2, 0) is 6.54 Å². The molecule has 0 spiro atoms. The van der Waals surface area contributed by atoms with Crippen LogP contribution in [-0.4, -0.2) is 9.78 Å². The van der Waals surface area contributed by atoms with Crippen LogP contribution in [0.15, 0.2) is 39.4 Å². The summed E-state index contributed by atoms with van der Waals surface area (Å²) < 4.78 is 8.30. The van der Waals surface area contributed by atoms with E-state index in [1.165, 1.54) is 0 Å². The molecule has 4 nitrogen and oxygen atoms in total. The molecule has 3 rings (SSSR count). The smallest absolute Gasteiger partial charge is 0.136 e. The van der Waals surface area contributed by atoms with Gasteiger partial charge in [0.2, 0.25) is 0 Å². The number of nitrogens with two attached hydrogens (primary N) is 1. The standard InChI is InChI=1S/C13H12BrN3O/c1-8-10(7-17-13(15)11(14)6-16-17)9-4-2-3-5-12(9)18-8/h2-6H,7,15H2,1H3. The molecule has 0 amide bonds. The number of rotatable bonds is 2. The number of benzene rings is 1. The number of hydrogen-bond donors (Lipinski definition) is 1. The fourth-order valence-corrected chi connectivity index (χ4v) is 2.36. The van der Waals surface area contributed by atoms with Gasteiger partial charge in [-0.2, -0.15) is 5.10 Å². The summed E-state index contributed by atoms with van der Waals surface area (Å²) in [6.07, 6.45) is 1.70. The van der Waals surface area contributed by atoms with E-state index in [1.54, 1.807) is 10.9 Å². The third-order valence-electron chi connectivity index (χ3n) is 3.04. The van der Waals surface area contributed by atoms with Crippen molar-refractivity contribution >= 4 is 32.7 Å². The van der Waals surface area contributed by atoms with Gasteiger partial charge in [0.05, 0.1) is 17.2 Å². The number of nitrogens with zero attached hydrogens (tertiary/aromatic N) is 2. The summed E-state index contributed by atoms with van der Waals surface area (Å²) in [5.74, 6) is 1.53. The lowest BCUT2D eigenvalue weighted by atomic mass is 10.1. The molecular weight excluding hydrogens is 294 g/mol. The zero-order valence-corrected chi connectivity index (χ0v) is 11.4. The molecule has 0 unspecified atom stereocenters. The molecule has 0 aliphatic carbocycles. The Hall–Kier alpha value is -1.75. The van der Waals surface area contributed by atoms with E-state index in [1.807, 2.05) is 25.1 Å². The van der Waals surface area contributed by atoms with Crippen LogP contribution >= 0.6 is 15.9 Å². The minimum absolute atomic E-state index is 0.611. The Kier molecular flexibility index (Phi) is 2.63. The second kappa shape index (κ2) is 4.17. The minimum Gasteiger partial charge on any atom is -0.461 e. The molecule has 0 saturated heterocycles. The first-order valence-electron chi connectivity index (χ1n) is 5.60. The maximum atomic E-state index is 5.94. The second-order valence-corrected chi connectivity index (χ2v) is 5.02. The van der Waals surface area contributed by atoms with Crippen molar-refractivity contribution in [2.75, 3.05) is 5.73 Å². The third-order valence-corrected chi connectivity index (χ3v) is 3.65. The maximum absolute atomic E-state index is 5.94. The highest BCUT2D eigenvalue weighted by atomic mass is 79.9. The number of fused-ring (bicyclic) bond motifs is 1. The number of para-hydroxylation sites is 1. The number of nitrogen functional groups attached to an aromatic ring is 1. The summed E-state index contributed by atoms with van der Waals surface area (Å²) in [5.41, 5.74) is 7.95. The van der Waals surface area contributed by atoms with Crippen LogP contribution in [0.2, 0.25) is 0 Å². The van der Waals surface area contributed by atoms with E-state index in [2.05, 4.69) is 27.1 Å². The van der Waals surface area contributed by atoms with E-state index in [0.717, 1.165) is 26.8 Å². The van der Waals surface area contributed by atoms with Crippen LogP contribution in [0.3, 0.4) is 0 Å². The van der Waals surface area contributed by atoms with Crippen molar-refractivity contribution in [2.45, 2.75) is 13.5 Å². The molecule has 2 N–H and O–H groups in total. The molecule has 0 aliphatic rings. The average Bonchev–Trinajstić information content (AvgIpc) is 2.85. The van der Waals surface area contributed by atoms with Crippen molar-refractivity contribution in [3.05, 3.63) is 46.3 Å². The van der Waals surface area contributed by atoms with Crippen LogP contribution < -0.4 is 5.73 Å². The largest absolute Gasteiger partial charge is 0.461 e. The van der Waals surface area contributed by atoms with E-state index >= 15 is 0 Å². The third kappa shape index (κ3) is 1.71. The first-order chi connectivity index (χ1) is 8.66. The minimum atomic E-state index is 0.611. The molecule has 92 valence electrons. The Balaban J connectivity index is 2.10. The summed E-state index contributed by atoms with van der Waals surface area (Å²) >= 11 is 3.36. The highest BCUT2D eigenvalue weighted by Gasteiger charge is 2.13. The highest BCUT2D eigenvalue weighted by Crippen LogP contribution is 2.27. The predicted octanol–water partition coefficient (Wildman–Crippen LogP) is 3.33. The zero-order chi connectivity index (χ0) is 12.7. The lowest BCUT2D eigenvalue weighted by molar-refractivity contribution is 0.565. The fourth-order valence-electron chi connectivity index (χ4n) is 2.07. The number of furan rings is 1. The molecular formula is C13H12BrN3O. The van der Waals surface area contributed by atoms with Crippen molar-refractivity contribution in [1.82, 2.24) is 9.78 Å². The van der Waals surface area contributed by atoms with Crippen LogP contribution in [0.4, 0.5) is 5.82 Å². The molecule has 0 bridgehead atoms. The number of hydrogen-bond acceptors (Lipinski definition) is 3. The Labute approximate surface area is 113 Å². The van der Waals surface area contributed by atoms with Gasteiger partial charge in [-0.05, 0) is 28.9 Å². The van der Waals surface area contributed by atoms with Crippen molar-refractivity contribution in [1.29, 1.82) is 0 Å². The van der Waals surface area contributed by atoms with Gasteiger partial charge in [0.25, 0.3) is 0 Å². The lowest BCUT2D eigenvalue weighted by Crippen LogP contribution is -2.06. The normalized spacial score (nSPS) is 11.2. The van der Waals surface area contributed by atoms with Gasteiger partial charge in [-0.25, -0.2) is 4.68 Å². The Bertz CT molecular complexity index is 714. The molecule has 5 heteroatoms. The molecule has 2 aromatic heterocycles. The number of anilines is 1. The van der Waals surface area contributed by atoms with E-state index in [9.17, 15) is 0 Å². The van der Waals surface area contributed by atoms with Gasteiger partial charge >= 0.3 is 0 Å². The van der Waals surface area contributed by atoms with E-state index in [4.69, 9.17) is 10.2 Å². The molecule has 0 fully saturated rings. The van der Waals surface area contributed by atoms with Crippen molar-refractivity contribution in [2.24, 2.45) is 0 Å². The van der Waals surface area contributed by atoms with E-state index < -0.39 is 0 Å². The average molecular weight is 306 g/mol. The monoisotopic (exact) mass is 305 g/mol. The van der Waals surface area contributed by atoms with Crippen LogP contribution in [0.25, 0.3) is 11.0 Å². The Morgan fingerprint density at radius 2 is 2.17 bits per heavy atom. The van der Waals surface area contributed by atoms with Crippen LogP contribution in [0.1, 0.15) is 11.3 Å². The van der Waals surface area contributed by atoms with Gasteiger partial charge in [-0.15, -0.1) is 0 Å². The van der Waals surface area contributed by atoms with Crippen molar-refractivity contribution in [3.8, 4) is 0 Å². The number of halogens is 1. The summed E-state index contributed by atoms with van der Waals surface area (Å²) in [5, 5.41) is 5.35. The number of aromatic nitrogens is 2. The van der Waals surface area contributed by atoms with E-state index in [-0.39, 0.29) is 0 Å². The van der Waals surface area contributed by atoms with Gasteiger partial charge in [0.15, 0.2) is 0 Å². The molecule has 3 aromatic rings. The van der Waals surface area contributed by atoms with Crippen molar-refractivity contribution < 1.29 is 4.42 Å². The molecule has 1 aromatic carbocycles. The summed E-state index contributed by atoms with van der Waals surface area (Å²) in [7, 11) is 0. The fraction of sp³-hybridized carbons (Fsp3) is 0.154. The molecule has 18 heavy (non-hydrogen) atoms. The van der Waals surface area contributed by atoms with Gasteiger partial charge in [-0.3, -0.25) is 0 Å². The topological polar surface area (TPSA) is 57.0 Å². The Morgan fingerprint density at radius 1 is 1.39 bits per heavy atom. The predicted molar refractivity (Wildman–Crippen MR) is 74.4 cm³/mol. The van der Waals surface area contributed by atoms with Gasteiger partial charge in [-0.1, -0.05) is 18.2 Å². The SMILES string of the molecule is Cc1oc2ccccc2c1Cn1ncc(Br)c1N. The summed E-state index contributed by atoms with van der Waals surface area (Å²) in [6.45, 7) is 2.57. The van der Waals surface area contributed by atoms with Gasteiger partial charge < -0.3 is 10.2 Å². The summed E-state index contributed by atoms with van der Waals surface area (Å²) in [6, 6.07) is 7.99. The second-order valence-electron chi connectivity index (χ2n) is 4.17.